The number of hydrogen-bond donors (Lipinski definition) is 0. The molecule has 3 aliphatic rings. The van der Waals surface area contributed by atoms with Crippen LogP contribution in [0, 0.1) is 5.41 Å². The number of carbonyl (C=O) groups is 2. The van der Waals surface area contributed by atoms with Crippen LogP contribution in [0.1, 0.15) is 67.1 Å². The Kier molecular flexibility index (Phi) is 2.78. The zero-order chi connectivity index (χ0) is 16.5. The second-order valence-corrected chi connectivity index (χ2v) is 7.37. The van der Waals surface area contributed by atoms with E-state index in [1.165, 1.54) is 0 Å². The third-order valence-corrected chi connectivity index (χ3v) is 5.65. The molecular formula is C20H20O3. The summed E-state index contributed by atoms with van der Waals surface area (Å²) in [5.74, 6) is 0.0860. The van der Waals surface area contributed by atoms with Crippen LogP contribution in [0.15, 0.2) is 23.8 Å². The molecule has 1 aromatic carbocycles. The zero-order valence-corrected chi connectivity index (χ0v) is 13.9. The quantitative estimate of drug-likeness (QED) is 0.677. The monoisotopic (exact) mass is 308 g/mol. The maximum absolute atomic E-state index is 12.9. The summed E-state index contributed by atoms with van der Waals surface area (Å²) in [6.45, 7) is 8.01. The molecule has 1 aliphatic heterocycles. The highest BCUT2D eigenvalue weighted by Gasteiger charge is 2.50. The van der Waals surface area contributed by atoms with Gasteiger partial charge in [-0.05, 0) is 36.5 Å². The average Bonchev–Trinajstić information content (AvgIpc) is 2.75. The third kappa shape index (κ3) is 1.71. The Morgan fingerprint density at radius 1 is 1.13 bits per heavy atom. The fourth-order valence-corrected chi connectivity index (χ4v) is 3.96. The molecule has 2 aliphatic carbocycles. The van der Waals surface area contributed by atoms with Crippen LogP contribution in [0.5, 0.6) is 0 Å². The van der Waals surface area contributed by atoms with Crippen LogP contribution >= 0.6 is 0 Å². The second-order valence-electron chi connectivity index (χ2n) is 7.37. The van der Waals surface area contributed by atoms with Crippen LogP contribution in [0.25, 0.3) is 11.8 Å². The summed E-state index contributed by atoms with van der Waals surface area (Å²) < 4.78 is 6.04. The highest BCUT2D eigenvalue weighted by molar-refractivity contribution is 6.53. The Balaban J connectivity index is 2.05. The normalized spacial score (nSPS) is 27.5. The molecule has 0 aromatic heterocycles. The van der Waals surface area contributed by atoms with Crippen LogP contribution in [0.3, 0.4) is 0 Å². The van der Waals surface area contributed by atoms with Gasteiger partial charge in [-0.2, -0.15) is 0 Å². The van der Waals surface area contributed by atoms with Gasteiger partial charge in [-0.25, -0.2) is 0 Å². The van der Waals surface area contributed by atoms with E-state index in [9.17, 15) is 9.59 Å². The molecule has 23 heavy (non-hydrogen) atoms. The molecule has 3 nitrogen and oxygen atoms in total. The van der Waals surface area contributed by atoms with Gasteiger partial charge in [0.05, 0.1) is 5.57 Å². The number of hydrogen-bond acceptors (Lipinski definition) is 3. The van der Waals surface area contributed by atoms with E-state index < -0.39 is 11.2 Å². The lowest BCUT2D eigenvalue weighted by atomic mass is 9.71. The van der Waals surface area contributed by atoms with Crippen molar-refractivity contribution in [2.45, 2.75) is 46.1 Å². The Morgan fingerprint density at radius 3 is 2.61 bits per heavy atom. The molecule has 1 aromatic rings. The van der Waals surface area contributed by atoms with Gasteiger partial charge in [0.15, 0.2) is 0 Å². The summed E-state index contributed by atoms with van der Waals surface area (Å²) in [4.78, 5) is 25.7. The number of ether oxygens (including phenoxy) is 1. The Bertz CT molecular complexity index is 824. The standard InChI is InChI=1S/C20H20O3/c1-10-6-5-7-12-8-9-13-15(14(10)12)17(21)18(22)16-19(13)23-11(2)20(16,3)4/h5,7-11H,6H2,1-4H3. The molecule has 0 fully saturated rings. The first-order valence-electron chi connectivity index (χ1n) is 8.18. The molecule has 0 bridgehead atoms. The van der Waals surface area contributed by atoms with Crippen LogP contribution in [-0.2, 0) is 9.53 Å². The van der Waals surface area contributed by atoms with E-state index in [4.69, 9.17) is 4.74 Å². The molecular weight excluding hydrogens is 288 g/mol. The van der Waals surface area contributed by atoms with Gasteiger partial charge in [0.1, 0.15) is 11.9 Å². The molecule has 0 N–H and O–H groups in total. The number of allylic oxidation sites excluding steroid dienone is 1. The molecule has 118 valence electrons. The first-order valence-corrected chi connectivity index (χ1v) is 8.18. The highest BCUT2D eigenvalue weighted by Crippen LogP contribution is 2.50. The Hall–Kier alpha value is -2.16. The van der Waals surface area contributed by atoms with Gasteiger partial charge in [-0.15, -0.1) is 0 Å². The van der Waals surface area contributed by atoms with Crippen LogP contribution in [0.4, 0.5) is 0 Å². The molecule has 2 unspecified atom stereocenters. The molecule has 1 heterocycles. The predicted molar refractivity (Wildman–Crippen MR) is 89.1 cm³/mol. The topological polar surface area (TPSA) is 43.4 Å². The number of benzene rings is 1. The molecule has 4 rings (SSSR count). The number of ketones is 2. The van der Waals surface area contributed by atoms with Crippen molar-refractivity contribution in [3.05, 3.63) is 46.0 Å². The van der Waals surface area contributed by atoms with Crippen molar-refractivity contribution in [1.82, 2.24) is 0 Å². The smallest absolute Gasteiger partial charge is 0.234 e. The molecule has 2 atom stereocenters. The van der Waals surface area contributed by atoms with Crippen molar-refractivity contribution in [2.24, 2.45) is 5.41 Å². The van der Waals surface area contributed by atoms with Gasteiger partial charge in [0, 0.05) is 16.5 Å². The fraction of sp³-hybridized carbons (Fsp3) is 0.400. The van der Waals surface area contributed by atoms with E-state index >= 15 is 0 Å². The maximum atomic E-state index is 12.9. The maximum Gasteiger partial charge on any atom is 0.234 e. The lowest BCUT2D eigenvalue weighted by Crippen LogP contribution is -2.33. The van der Waals surface area contributed by atoms with Gasteiger partial charge in [-0.3, -0.25) is 9.59 Å². The van der Waals surface area contributed by atoms with Crippen molar-refractivity contribution in [1.29, 1.82) is 0 Å². The summed E-state index contributed by atoms with van der Waals surface area (Å²) >= 11 is 0. The Labute approximate surface area is 136 Å². The summed E-state index contributed by atoms with van der Waals surface area (Å²) in [5.41, 5.74) is 3.49. The molecule has 0 saturated heterocycles. The van der Waals surface area contributed by atoms with Crippen molar-refractivity contribution < 1.29 is 14.3 Å². The van der Waals surface area contributed by atoms with Gasteiger partial charge in [-0.1, -0.05) is 39.0 Å². The third-order valence-electron chi connectivity index (χ3n) is 5.65. The second kappa shape index (κ2) is 4.44. The number of Topliss-reactive ketones (excluding diaryl/α,β-unsaturated/α-hetero) is 2. The van der Waals surface area contributed by atoms with Crippen LogP contribution in [-0.4, -0.2) is 17.7 Å². The van der Waals surface area contributed by atoms with E-state index in [0.717, 1.165) is 23.1 Å². The molecule has 0 radical (unpaired) electrons. The predicted octanol–water partition coefficient (Wildman–Crippen LogP) is 4.13. The molecule has 3 heteroatoms. The van der Waals surface area contributed by atoms with Gasteiger partial charge in [0.25, 0.3) is 0 Å². The van der Waals surface area contributed by atoms with E-state index in [0.29, 0.717) is 16.9 Å². The fourth-order valence-electron chi connectivity index (χ4n) is 3.96. The van der Waals surface area contributed by atoms with Crippen LogP contribution in [0.2, 0.25) is 0 Å². The van der Waals surface area contributed by atoms with Gasteiger partial charge < -0.3 is 4.74 Å². The SMILES string of the molecule is CC1CC=Cc2ccc3c(c21)C(=O)C(=O)C1=C3OC(C)C1(C)C. The lowest BCUT2D eigenvalue weighted by molar-refractivity contribution is -0.112. The highest BCUT2D eigenvalue weighted by atomic mass is 16.5. The largest absolute Gasteiger partial charge is 0.489 e. The Morgan fingerprint density at radius 2 is 1.87 bits per heavy atom. The molecule has 0 amide bonds. The summed E-state index contributed by atoms with van der Waals surface area (Å²) in [7, 11) is 0. The minimum Gasteiger partial charge on any atom is -0.489 e. The summed E-state index contributed by atoms with van der Waals surface area (Å²) in [6, 6.07) is 3.97. The average molecular weight is 308 g/mol. The lowest BCUT2D eigenvalue weighted by Gasteiger charge is -2.27. The zero-order valence-electron chi connectivity index (χ0n) is 13.9. The van der Waals surface area contributed by atoms with E-state index in [-0.39, 0.29) is 17.8 Å². The van der Waals surface area contributed by atoms with Crippen molar-refractivity contribution in [3.63, 3.8) is 0 Å². The summed E-state index contributed by atoms with van der Waals surface area (Å²) in [5, 5.41) is 0. The number of carbonyl (C=O) groups excluding carboxylic acids is 2. The first kappa shape index (κ1) is 14.4. The molecule has 0 spiro atoms. The number of fused-ring (bicyclic) bond motifs is 4. The van der Waals surface area contributed by atoms with Gasteiger partial charge >= 0.3 is 0 Å². The van der Waals surface area contributed by atoms with E-state index in [1.807, 2.05) is 39.0 Å². The minimum absolute atomic E-state index is 0.122. The number of rotatable bonds is 0. The first-order chi connectivity index (χ1) is 10.8. The van der Waals surface area contributed by atoms with E-state index in [2.05, 4.69) is 13.0 Å². The molecule has 0 saturated carbocycles. The van der Waals surface area contributed by atoms with Crippen molar-refractivity contribution in [3.8, 4) is 0 Å². The van der Waals surface area contributed by atoms with Crippen molar-refractivity contribution >= 4 is 23.4 Å². The minimum atomic E-state index is -0.443. The van der Waals surface area contributed by atoms with Crippen LogP contribution < -0.4 is 0 Å². The van der Waals surface area contributed by atoms with Crippen molar-refractivity contribution in [2.75, 3.05) is 0 Å². The van der Waals surface area contributed by atoms with Gasteiger partial charge in [0.2, 0.25) is 11.6 Å². The van der Waals surface area contributed by atoms with E-state index in [1.54, 1.807) is 0 Å². The summed E-state index contributed by atoms with van der Waals surface area (Å²) in [6.07, 6.45) is 4.93.